The van der Waals surface area contributed by atoms with E-state index in [1.165, 1.54) is 6.20 Å². The van der Waals surface area contributed by atoms with Crippen LogP contribution < -0.4 is 16.0 Å². The fraction of sp³-hybridized carbons (Fsp3) is 0.562. The van der Waals surface area contributed by atoms with Crippen molar-refractivity contribution >= 4 is 24.2 Å². The molecule has 2 rings (SSSR count). The highest BCUT2D eigenvalue weighted by Gasteiger charge is 2.32. The van der Waals surface area contributed by atoms with Gasteiger partial charge in [-0.25, -0.2) is 0 Å². The lowest BCUT2D eigenvalue weighted by Gasteiger charge is -2.37. The predicted molar refractivity (Wildman–Crippen MR) is 93.6 cm³/mol. The van der Waals surface area contributed by atoms with E-state index in [9.17, 15) is 9.59 Å². The van der Waals surface area contributed by atoms with Gasteiger partial charge in [0.15, 0.2) is 0 Å². The number of nitrogens with one attached hydrogen (secondary N) is 3. The molecule has 8 heteroatoms. The van der Waals surface area contributed by atoms with Gasteiger partial charge < -0.3 is 20.7 Å². The minimum absolute atomic E-state index is 0. The molecular weight excluding hydrogens is 332 g/mol. The Labute approximate surface area is 148 Å². The van der Waals surface area contributed by atoms with Crippen molar-refractivity contribution in [1.29, 1.82) is 0 Å². The Kier molecular flexibility index (Phi) is 8.10. The van der Waals surface area contributed by atoms with Crippen LogP contribution in [0.5, 0.6) is 0 Å². The van der Waals surface area contributed by atoms with E-state index in [1.54, 1.807) is 26.3 Å². The van der Waals surface area contributed by atoms with E-state index in [0.717, 1.165) is 25.9 Å². The van der Waals surface area contributed by atoms with Crippen LogP contribution in [-0.4, -0.2) is 57.2 Å². The molecule has 0 aromatic carbocycles. The molecule has 2 heterocycles. The zero-order valence-electron chi connectivity index (χ0n) is 14.1. The first kappa shape index (κ1) is 20.3. The van der Waals surface area contributed by atoms with E-state index >= 15 is 0 Å². The molecular formula is C16H25ClN4O3. The first-order valence-electron chi connectivity index (χ1n) is 7.76. The first-order valence-corrected chi connectivity index (χ1v) is 7.76. The highest BCUT2D eigenvalue weighted by atomic mass is 35.5. The monoisotopic (exact) mass is 356 g/mol. The van der Waals surface area contributed by atoms with Crippen LogP contribution in [0.4, 0.5) is 0 Å². The Morgan fingerprint density at radius 3 is 2.54 bits per heavy atom. The van der Waals surface area contributed by atoms with Crippen molar-refractivity contribution in [3.8, 4) is 0 Å². The maximum Gasteiger partial charge on any atom is 0.269 e. The molecule has 2 amide bonds. The van der Waals surface area contributed by atoms with E-state index in [-0.39, 0.29) is 29.6 Å². The summed E-state index contributed by atoms with van der Waals surface area (Å²) in [6.45, 7) is 3.06. The molecule has 7 nitrogen and oxygen atoms in total. The fourth-order valence-corrected chi connectivity index (χ4v) is 2.80. The van der Waals surface area contributed by atoms with Gasteiger partial charge in [-0.05, 0) is 38.1 Å². The number of ether oxygens (including phenoxy) is 1. The number of carbonyl (C=O) groups excluding carboxylic acids is 2. The molecule has 0 unspecified atom stereocenters. The van der Waals surface area contributed by atoms with E-state index < -0.39 is 0 Å². The molecule has 134 valence electrons. The topological polar surface area (TPSA) is 92.4 Å². The van der Waals surface area contributed by atoms with Crippen LogP contribution in [0.3, 0.4) is 0 Å². The molecule has 1 aliphatic heterocycles. The first-order chi connectivity index (χ1) is 11.1. The maximum absolute atomic E-state index is 12.3. The predicted octanol–water partition coefficient (Wildman–Crippen LogP) is 0.609. The Bertz CT molecular complexity index is 539. The molecule has 3 N–H and O–H groups in total. The number of hydrogen-bond acceptors (Lipinski definition) is 5. The van der Waals surface area contributed by atoms with Crippen molar-refractivity contribution in [3.63, 3.8) is 0 Å². The molecule has 1 saturated heterocycles. The Hall–Kier alpha value is -1.70. The fourth-order valence-electron chi connectivity index (χ4n) is 2.80. The van der Waals surface area contributed by atoms with Crippen molar-refractivity contribution in [2.24, 2.45) is 5.41 Å². The molecule has 0 atom stereocenters. The van der Waals surface area contributed by atoms with Gasteiger partial charge in [0, 0.05) is 32.3 Å². The smallest absolute Gasteiger partial charge is 0.269 e. The van der Waals surface area contributed by atoms with Gasteiger partial charge in [0.25, 0.3) is 11.8 Å². The van der Waals surface area contributed by atoms with E-state index in [0.29, 0.717) is 24.4 Å². The summed E-state index contributed by atoms with van der Waals surface area (Å²) in [5.74, 6) is -0.458. The molecule has 1 aromatic heterocycles. The number of aromatic nitrogens is 1. The van der Waals surface area contributed by atoms with Crippen LogP contribution in [0, 0.1) is 5.41 Å². The molecule has 0 aliphatic carbocycles. The van der Waals surface area contributed by atoms with Crippen molar-refractivity contribution in [2.45, 2.75) is 12.8 Å². The van der Waals surface area contributed by atoms with Gasteiger partial charge in [-0.15, -0.1) is 12.4 Å². The lowest BCUT2D eigenvalue weighted by molar-refractivity contribution is 0.0511. The quantitative estimate of drug-likeness (QED) is 0.694. The van der Waals surface area contributed by atoms with Gasteiger partial charge in [-0.2, -0.15) is 0 Å². The van der Waals surface area contributed by atoms with Crippen LogP contribution in [0.2, 0.25) is 0 Å². The van der Waals surface area contributed by atoms with Crippen molar-refractivity contribution in [1.82, 2.24) is 20.9 Å². The highest BCUT2D eigenvalue weighted by Crippen LogP contribution is 2.28. The molecule has 0 spiro atoms. The molecule has 1 fully saturated rings. The number of amides is 2. The minimum atomic E-state index is -0.272. The van der Waals surface area contributed by atoms with Crippen molar-refractivity contribution < 1.29 is 14.3 Å². The number of halogens is 1. The average Bonchev–Trinajstić information content (AvgIpc) is 2.60. The Morgan fingerprint density at radius 1 is 1.29 bits per heavy atom. The summed E-state index contributed by atoms with van der Waals surface area (Å²) in [6.07, 6.45) is 3.36. The second kappa shape index (κ2) is 9.56. The van der Waals surface area contributed by atoms with Gasteiger partial charge in [0.05, 0.1) is 12.2 Å². The standard InChI is InChI=1S/C16H24N4O3.ClH/c1-17-15(22)13-4-3-12(9-19-13)14(21)20-10-16(11-23-2)5-7-18-8-6-16;/h3-4,9,18H,5-8,10-11H2,1-2H3,(H,17,22)(H,20,21);1H. The van der Waals surface area contributed by atoms with Crippen LogP contribution in [0.1, 0.15) is 33.7 Å². The number of nitrogens with zero attached hydrogens (tertiary/aromatic N) is 1. The molecule has 0 saturated carbocycles. The van der Waals surface area contributed by atoms with Gasteiger partial charge >= 0.3 is 0 Å². The number of pyridine rings is 1. The molecule has 0 bridgehead atoms. The summed E-state index contributed by atoms with van der Waals surface area (Å²) in [4.78, 5) is 27.7. The third-order valence-electron chi connectivity index (χ3n) is 4.22. The third-order valence-corrected chi connectivity index (χ3v) is 4.22. The second-order valence-electron chi connectivity index (χ2n) is 5.88. The van der Waals surface area contributed by atoms with Crippen molar-refractivity contribution in [2.75, 3.05) is 40.4 Å². The normalized spacial score (nSPS) is 15.9. The summed E-state index contributed by atoms with van der Waals surface area (Å²) in [5.41, 5.74) is 0.711. The van der Waals surface area contributed by atoms with Gasteiger partial charge in [-0.1, -0.05) is 0 Å². The molecule has 1 aliphatic rings. The summed E-state index contributed by atoms with van der Waals surface area (Å²) in [6, 6.07) is 3.15. The van der Waals surface area contributed by atoms with E-state index in [1.807, 2.05) is 0 Å². The highest BCUT2D eigenvalue weighted by molar-refractivity contribution is 5.96. The van der Waals surface area contributed by atoms with Crippen molar-refractivity contribution in [3.05, 3.63) is 29.6 Å². The van der Waals surface area contributed by atoms with Crippen LogP contribution in [-0.2, 0) is 4.74 Å². The number of methoxy groups -OCH3 is 1. The SMILES string of the molecule is CNC(=O)c1ccc(C(=O)NCC2(COC)CCNCC2)cn1.Cl. The van der Waals surface area contributed by atoms with E-state index in [2.05, 4.69) is 20.9 Å². The lowest BCUT2D eigenvalue weighted by Crippen LogP contribution is -2.47. The number of rotatable bonds is 6. The van der Waals surface area contributed by atoms with E-state index in [4.69, 9.17) is 4.74 Å². The van der Waals surface area contributed by atoms with Gasteiger partial charge in [0.1, 0.15) is 5.69 Å². The zero-order chi connectivity index (χ0) is 16.7. The second-order valence-corrected chi connectivity index (χ2v) is 5.88. The summed E-state index contributed by atoms with van der Waals surface area (Å²) in [7, 11) is 3.23. The molecule has 0 radical (unpaired) electrons. The number of hydrogen-bond donors (Lipinski definition) is 3. The average molecular weight is 357 g/mol. The molecule has 1 aromatic rings. The van der Waals surface area contributed by atoms with Crippen LogP contribution >= 0.6 is 12.4 Å². The Morgan fingerprint density at radius 2 is 2.00 bits per heavy atom. The maximum atomic E-state index is 12.3. The molecule has 24 heavy (non-hydrogen) atoms. The van der Waals surface area contributed by atoms with Gasteiger partial charge in [0.2, 0.25) is 0 Å². The number of carbonyl (C=O) groups is 2. The van der Waals surface area contributed by atoms with Gasteiger partial charge in [-0.3, -0.25) is 14.6 Å². The Balaban J connectivity index is 0.00000288. The lowest BCUT2D eigenvalue weighted by atomic mass is 9.79. The minimum Gasteiger partial charge on any atom is -0.384 e. The summed E-state index contributed by atoms with van der Waals surface area (Å²) >= 11 is 0. The number of piperidine rings is 1. The van der Waals surface area contributed by atoms with Crippen LogP contribution in [0.15, 0.2) is 18.3 Å². The summed E-state index contributed by atoms with van der Waals surface area (Å²) in [5, 5.41) is 8.79. The zero-order valence-corrected chi connectivity index (χ0v) is 14.9. The van der Waals surface area contributed by atoms with Crippen LogP contribution in [0.25, 0.3) is 0 Å². The largest absolute Gasteiger partial charge is 0.384 e. The third kappa shape index (κ3) is 5.15. The summed E-state index contributed by atoms with van der Waals surface area (Å²) < 4.78 is 5.34.